The number of carbonyl (C=O) groups is 2. The molecule has 0 unspecified atom stereocenters. The summed E-state index contributed by atoms with van der Waals surface area (Å²) >= 11 is 1.11. The van der Waals surface area contributed by atoms with Gasteiger partial charge in [-0.3, -0.25) is 9.59 Å². The lowest BCUT2D eigenvalue weighted by atomic mass is 10.0. The molecule has 0 aliphatic carbocycles. The molecule has 0 saturated carbocycles. The van der Waals surface area contributed by atoms with Crippen LogP contribution in [0.2, 0.25) is 0 Å². The lowest BCUT2D eigenvalue weighted by molar-refractivity contribution is -0.127. The van der Waals surface area contributed by atoms with Gasteiger partial charge in [-0.2, -0.15) is 0 Å². The van der Waals surface area contributed by atoms with Crippen LogP contribution in [-0.4, -0.2) is 31.8 Å². The molecule has 2 aromatic carbocycles. The fourth-order valence-corrected chi connectivity index (χ4v) is 3.44. The third kappa shape index (κ3) is 5.48. The van der Waals surface area contributed by atoms with Gasteiger partial charge in [0.05, 0.1) is 0 Å². The van der Waals surface area contributed by atoms with E-state index in [1.54, 1.807) is 10.3 Å². The van der Waals surface area contributed by atoms with Gasteiger partial charge in [0.1, 0.15) is 6.04 Å². The van der Waals surface area contributed by atoms with Crippen LogP contribution in [0.1, 0.15) is 48.4 Å². The molecule has 6 nitrogen and oxygen atoms in total. The first-order valence-corrected chi connectivity index (χ1v) is 10.2. The Morgan fingerprint density at radius 2 is 1.66 bits per heavy atom. The molecule has 0 aliphatic heterocycles. The Morgan fingerprint density at radius 1 is 1.03 bits per heavy atom. The quantitative estimate of drug-likeness (QED) is 0.672. The minimum Gasteiger partial charge on any atom is -0.349 e. The molecule has 29 heavy (non-hydrogen) atoms. The van der Waals surface area contributed by atoms with Gasteiger partial charge in [-0.1, -0.05) is 65.2 Å². The van der Waals surface area contributed by atoms with Crippen molar-refractivity contribution in [2.75, 3.05) is 0 Å². The lowest BCUT2D eigenvalue weighted by Crippen LogP contribution is -2.49. The smallest absolute Gasteiger partial charge is 0.276 e. The number of rotatable bonds is 6. The SMILES string of the molecule is CC(C)(C)NC(=O)[C@@H](c1ccccc1)N(Cc1ccccc1)C(=O)c1csnn1. The number of hydrogen-bond donors (Lipinski definition) is 1. The number of benzene rings is 2. The Kier molecular flexibility index (Phi) is 6.39. The number of hydrogen-bond acceptors (Lipinski definition) is 5. The maximum atomic E-state index is 13.3. The molecule has 1 atom stereocenters. The second-order valence-electron chi connectivity index (χ2n) is 7.76. The van der Waals surface area contributed by atoms with Crippen molar-refractivity contribution >= 4 is 23.3 Å². The van der Waals surface area contributed by atoms with Crippen molar-refractivity contribution in [3.05, 3.63) is 82.9 Å². The van der Waals surface area contributed by atoms with E-state index in [0.717, 1.165) is 22.7 Å². The molecular weight excluding hydrogens is 384 g/mol. The average Bonchev–Trinajstić information content (AvgIpc) is 3.22. The van der Waals surface area contributed by atoms with Crippen LogP contribution in [0.4, 0.5) is 0 Å². The zero-order valence-corrected chi connectivity index (χ0v) is 17.5. The molecule has 2 amide bonds. The Balaban J connectivity index is 2.05. The molecule has 0 saturated heterocycles. The molecule has 0 bridgehead atoms. The number of aromatic nitrogens is 2. The van der Waals surface area contributed by atoms with Gasteiger partial charge >= 0.3 is 0 Å². The fourth-order valence-electron chi connectivity index (χ4n) is 3.01. The summed E-state index contributed by atoms with van der Waals surface area (Å²) in [7, 11) is 0. The van der Waals surface area contributed by atoms with Gasteiger partial charge in [-0.05, 0) is 43.4 Å². The minimum atomic E-state index is -0.801. The topological polar surface area (TPSA) is 75.2 Å². The van der Waals surface area contributed by atoms with Gasteiger partial charge < -0.3 is 10.2 Å². The maximum absolute atomic E-state index is 13.3. The van der Waals surface area contributed by atoms with E-state index in [9.17, 15) is 9.59 Å². The zero-order valence-electron chi connectivity index (χ0n) is 16.7. The maximum Gasteiger partial charge on any atom is 0.276 e. The van der Waals surface area contributed by atoms with Gasteiger partial charge in [0, 0.05) is 17.5 Å². The summed E-state index contributed by atoms with van der Waals surface area (Å²) < 4.78 is 3.81. The van der Waals surface area contributed by atoms with Gasteiger partial charge in [-0.25, -0.2) is 0 Å². The largest absolute Gasteiger partial charge is 0.349 e. The van der Waals surface area contributed by atoms with Crippen molar-refractivity contribution in [2.45, 2.75) is 38.9 Å². The van der Waals surface area contributed by atoms with Crippen molar-refractivity contribution in [1.29, 1.82) is 0 Å². The molecule has 7 heteroatoms. The highest BCUT2D eigenvalue weighted by molar-refractivity contribution is 7.03. The standard InChI is InChI=1S/C22H24N4O2S/c1-22(2,3)23-20(27)19(17-12-8-5-9-13-17)26(14-16-10-6-4-7-11-16)21(28)18-15-29-25-24-18/h4-13,15,19H,14H2,1-3H3,(H,23,27)/t19-/m1/s1. The van der Waals surface area contributed by atoms with Gasteiger partial charge in [0.25, 0.3) is 5.91 Å². The van der Waals surface area contributed by atoms with Crippen LogP contribution in [0.25, 0.3) is 0 Å². The number of nitrogens with zero attached hydrogens (tertiary/aromatic N) is 3. The predicted octanol–water partition coefficient (Wildman–Crippen LogP) is 3.84. The van der Waals surface area contributed by atoms with Gasteiger partial charge in [0.2, 0.25) is 5.91 Å². The van der Waals surface area contributed by atoms with Crippen LogP contribution in [0, 0.1) is 0 Å². The van der Waals surface area contributed by atoms with Crippen molar-refractivity contribution in [3.63, 3.8) is 0 Å². The summed E-state index contributed by atoms with van der Waals surface area (Å²) in [6.45, 7) is 6.02. The van der Waals surface area contributed by atoms with Crippen molar-refractivity contribution in [3.8, 4) is 0 Å². The summed E-state index contributed by atoms with van der Waals surface area (Å²) in [6.07, 6.45) is 0. The van der Waals surface area contributed by atoms with E-state index in [1.807, 2.05) is 81.4 Å². The van der Waals surface area contributed by atoms with Crippen LogP contribution in [-0.2, 0) is 11.3 Å². The zero-order chi connectivity index (χ0) is 20.9. The van der Waals surface area contributed by atoms with Crippen LogP contribution in [0.3, 0.4) is 0 Å². The second-order valence-corrected chi connectivity index (χ2v) is 8.37. The predicted molar refractivity (Wildman–Crippen MR) is 113 cm³/mol. The number of carbonyl (C=O) groups excluding carboxylic acids is 2. The number of nitrogens with one attached hydrogen (secondary N) is 1. The Hall–Kier alpha value is -3.06. The van der Waals surface area contributed by atoms with Crippen LogP contribution < -0.4 is 5.32 Å². The third-order valence-electron chi connectivity index (χ3n) is 4.21. The summed E-state index contributed by atoms with van der Waals surface area (Å²) in [4.78, 5) is 28.2. The minimum absolute atomic E-state index is 0.232. The van der Waals surface area contributed by atoms with Crippen LogP contribution in [0.15, 0.2) is 66.0 Å². The molecule has 3 rings (SSSR count). The second kappa shape index (κ2) is 8.96. The number of amides is 2. The van der Waals surface area contributed by atoms with E-state index in [1.165, 1.54) is 0 Å². The van der Waals surface area contributed by atoms with Crippen LogP contribution in [0.5, 0.6) is 0 Å². The van der Waals surface area contributed by atoms with E-state index >= 15 is 0 Å². The highest BCUT2D eigenvalue weighted by atomic mass is 32.1. The highest BCUT2D eigenvalue weighted by Gasteiger charge is 2.34. The molecule has 1 heterocycles. The van der Waals surface area contributed by atoms with Gasteiger partial charge in [-0.15, -0.1) is 5.10 Å². The Labute approximate surface area is 174 Å². The molecule has 1 N–H and O–H groups in total. The van der Waals surface area contributed by atoms with Gasteiger partial charge in [0.15, 0.2) is 5.69 Å². The molecule has 3 aromatic rings. The molecule has 0 fully saturated rings. The highest BCUT2D eigenvalue weighted by Crippen LogP contribution is 2.26. The Bertz CT molecular complexity index is 938. The molecule has 1 aromatic heterocycles. The third-order valence-corrected chi connectivity index (χ3v) is 4.71. The summed E-state index contributed by atoms with van der Waals surface area (Å²) in [6, 6.07) is 18.1. The molecule has 0 spiro atoms. The van der Waals surface area contributed by atoms with Crippen molar-refractivity contribution in [1.82, 2.24) is 19.8 Å². The summed E-state index contributed by atoms with van der Waals surface area (Å²) in [5, 5.41) is 8.55. The van der Waals surface area contributed by atoms with Crippen LogP contribution >= 0.6 is 11.5 Å². The van der Waals surface area contributed by atoms with E-state index in [0.29, 0.717) is 0 Å². The van der Waals surface area contributed by atoms with Crippen molar-refractivity contribution < 1.29 is 9.59 Å². The summed E-state index contributed by atoms with van der Waals surface area (Å²) in [5.41, 5.74) is 1.46. The average molecular weight is 409 g/mol. The first-order chi connectivity index (χ1) is 13.8. The molecular formula is C22H24N4O2S. The van der Waals surface area contributed by atoms with E-state index in [4.69, 9.17) is 0 Å². The molecule has 150 valence electrons. The van der Waals surface area contributed by atoms with Crippen molar-refractivity contribution in [2.24, 2.45) is 0 Å². The fraction of sp³-hybridized carbons (Fsp3) is 0.273. The normalized spacial score (nSPS) is 12.2. The Morgan fingerprint density at radius 3 is 2.21 bits per heavy atom. The summed E-state index contributed by atoms with van der Waals surface area (Å²) in [5.74, 6) is -0.573. The lowest BCUT2D eigenvalue weighted by Gasteiger charge is -2.33. The molecule has 0 aliphatic rings. The van der Waals surface area contributed by atoms with E-state index in [-0.39, 0.29) is 24.1 Å². The first kappa shape index (κ1) is 20.7. The van der Waals surface area contributed by atoms with E-state index < -0.39 is 11.6 Å². The first-order valence-electron chi connectivity index (χ1n) is 9.34. The molecule has 0 radical (unpaired) electrons. The monoisotopic (exact) mass is 408 g/mol. The van der Waals surface area contributed by atoms with E-state index in [2.05, 4.69) is 14.9 Å².